The van der Waals surface area contributed by atoms with Gasteiger partial charge >= 0.3 is 6.09 Å². The van der Waals surface area contributed by atoms with Gasteiger partial charge in [0, 0.05) is 31.6 Å². The smallest absolute Gasteiger partial charge is 0.410 e. The number of aliphatic hydroxyl groups is 1. The SMILES string of the molecule is CC(C)(C)OC(=O)N1CCC(O)(CNCCOS)CC1(C)C. The predicted molar refractivity (Wildman–Crippen MR) is 89.0 cm³/mol. The van der Waals surface area contributed by atoms with E-state index in [1.54, 1.807) is 4.90 Å². The summed E-state index contributed by atoms with van der Waals surface area (Å²) in [5, 5.41) is 13.9. The van der Waals surface area contributed by atoms with Gasteiger partial charge in [0.2, 0.25) is 0 Å². The number of thiol groups is 1. The molecule has 0 spiro atoms. The van der Waals surface area contributed by atoms with Gasteiger partial charge in [-0.3, -0.25) is 0 Å². The van der Waals surface area contributed by atoms with Crippen molar-refractivity contribution in [3.8, 4) is 0 Å². The Labute approximate surface area is 139 Å². The summed E-state index contributed by atoms with van der Waals surface area (Å²) in [7, 11) is 0. The molecule has 1 amide bonds. The Hall–Kier alpha value is -0.500. The quantitative estimate of drug-likeness (QED) is 0.407. The molecular weight excluding hydrogens is 304 g/mol. The Morgan fingerprint density at radius 2 is 2.05 bits per heavy atom. The lowest BCUT2D eigenvalue weighted by molar-refractivity contribution is -0.0774. The van der Waals surface area contributed by atoms with E-state index in [0.717, 1.165) is 0 Å². The maximum Gasteiger partial charge on any atom is 0.410 e. The summed E-state index contributed by atoms with van der Waals surface area (Å²) in [6, 6.07) is 0. The van der Waals surface area contributed by atoms with Gasteiger partial charge in [0.25, 0.3) is 0 Å². The molecule has 0 aromatic rings. The van der Waals surface area contributed by atoms with Crippen molar-refractivity contribution < 1.29 is 18.8 Å². The van der Waals surface area contributed by atoms with Crippen LogP contribution in [0.4, 0.5) is 4.79 Å². The third-order valence-electron chi connectivity index (χ3n) is 3.73. The van der Waals surface area contributed by atoms with Crippen LogP contribution in [0.2, 0.25) is 0 Å². The normalized spacial score (nSPS) is 25.1. The monoisotopic (exact) mass is 334 g/mol. The highest BCUT2D eigenvalue weighted by atomic mass is 32.1. The van der Waals surface area contributed by atoms with Crippen LogP contribution in [0, 0.1) is 0 Å². The van der Waals surface area contributed by atoms with Gasteiger partial charge in [-0.2, -0.15) is 0 Å². The Bertz CT molecular complexity index is 384. The maximum atomic E-state index is 12.3. The summed E-state index contributed by atoms with van der Waals surface area (Å²) in [6.45, 7) is 11.5. The average molecular weight is 334 g/mol. The molecule has 0 aromatic heterocycles. The summed E-state index contributed by atoms with van der Waals surface area (Å²) >= 11 is 3.68. The Morgan fingerprint density at radius 1 is 1.41 bits per heavy atom. The first-order chi connectivity index (χ1) is 9.99. The van der Waals surface area contributed by atoms with Crippen molar-refractivity contribution >= 4 is 19.0 Å². The summed E-state index contributed by atoms with van der Waals surface area (Å²) in [6.07, 6.45) is 0.689. The minimum atomic E-state index is -0.835. The van der Waals surface area contributed by atoms with Gasteiger partial charge in [-0.15, -0.1) is 0 Å². The van der Waals surface area contributed by atoms with Crippen molar-refractivity contribution in [2.45, 2.75) is 64.2 Å². The number of nitrogens with one attached hydrogen (secondary N) is 1. The minimum Gasteiger partial charge on any atom is -0.444 e. The molecule has 0 saturated carbocycles. The maximum absolute atomic E-state index is 12.3. The standard InChI is InChI=1S/C15H30N2O4S/c1-13(2,3)21-12(18)17-8-6-15(19,10-14(17,4)5)11-16-7-9-20-22/h16,19,22H,6-11H2,1-5H3. The number of carbonyl (C=O) groups excluding carboxylic acids is 1. The summed E-state index contributed by atoms with van der Waals surface area (Å²) < 4.78 is 10.1. The van der Waals surface area contributed by atoms with Gasteiger partial charge in [-0.1, -0.05) is 0 Å². The molecule has 1 aliphatic heterocycles. The highest BCUT2D eigenvalue weighted by Crippen LogP contribution is 2.35. The highest BCUT2D eigenvalue weighted by Gasteiger charge is 2.45. The van der Waals surface area contributed by atoms with Gasteiger partial charge < -0.3 is 24.2 Å². The number of carbonyl (C=O) groups is 1. The number of amides is 1. The Balaban J connectivity index is 2.62. The molecule has 6 nitrogen and oxygen atoms in total. The third-order valence-corrected chi connectivity index (χ3v) is 3.91. The fourth-order valence-electron chi connectivity index (χ4n) is 2.86. The van der Waals surface area contributed by atoms with Crippen LogP contribution in [0.5, 0.6) is 0 Å². The van der Waals surface area contributed by atoms with Gasteiger partial charge in [0.1, 0.15) is 5.60 Å². The van der Waals surface area contributed by atoms with Crippen LogP contribution in [0.1, 0.15) is 47.5 Å². The van der Waals surface area contributed by atoms with E-state index < -0.39 is 16.7 Å². The lowest BCUT2D eigenvalue weighted by Gasteiger charge is -2.49. The Kier molecular flexibility index (Phi) is 6.56. The third kappa shape index (κ3) is 5.95. The van der Waals surface area contributed by atoms with Crippen LogP contribution >= 0.6 is 12.9 Å². The molecule has 0 aromatic carbocycles. The molecule has 1 fully saturated rings. The molecule has 1 heterocycles. The van der Waals surface area contributed by atoms with E-state index in [1.807, 2.05) is 34.6 Å². The summed E-state index contributed by atoms with van der Waals surface area (Å²) in [5.41, 5.74) is -1.81. The molecule has 1 atom stereocenters. The number of rotatable bonds is 5. The average Bonchev–Trinajstić information content (AvgIpc) is 2.31. The number of hydrogen-bond acceptors (Lipinski definition) is 6. The largest absolute Gasteiger partial charge is 0.444 e. The first-order valence-corrected chi connectivity index (χ1v) is 8.06. The number of hydrogen-bond donors (Lipinski definition) is 3. The van der Waals surface area contributed by atoms with Gasteiger partial charge in [-0.05, 0) is 53.9 Å². The van der Waals surface area contributed by atoms with Crippen LogP contribution in [-0.2, 0) is 8.92 Å². The fourth-order valence-corrected chi connectivity index (χ4v) is 2.95. The number of likely N-dealkylation sites (tertiary alicyclic amines) is 1. The number of nitrogens with zero attached hydrogens (tertiary/aromatic N) is 1. The van der Waals surface area contributed by atoms with Crippen molar-refractivity contribution in [3.63, 3.8) is 0 Å². The highest BCUT2D eigenvalue weighted by molar-refractivity contribution is 7.75. The van der Waals surface area contributed by atoms with E-state index in [2.05, 4.69) is 22.4 Å². The van der Waals surface area contributed by atoms with Crippen LogP contribution in [-0.4, -0.2) is 59.1 Å². The van der Waals surface area contributed by atoms with Crippen molar-refractivity contribution in [1.82, 2.24) is 10.2 Å². The zero-order valence-corrected chi connectivity index (χ0v) is 15.2. The van der Waals surface area contributed by atoms with E-state index in [4.69, 9.17) is 4.74 Å². The predicted octanol–water partition coefficient (Wildman–Crippen LogP) is 1.98. The van der Waals surface area contributed by atoms with Crippen LogP contribution in [0.3, 0.4) is 0 Å². The molecular formula is C15H30N2O4S. The van der Waals surface area contributed by atoms with Crippen molar-refractivity contribution in [2.75, 3.05) is 26.2 Å². The van der Waals surface area contributed by atoms with Crippen molar-refractivity contribution in [2.24, 2.45) is 0 Å². The molecule has 1 rings (SSSR count). The van der Waals surface area contributed by atoms with E-state index in [0.29, 0.717) is 39.1 Å². The second-order valence-electron chi connectivity index (χ2n) is 7.61. The lowest BCUT2D eigenvalue weighted by Crippen LogP contribution is -2.61. The van der Waals surface area contributed by atoms with Crippen molar-refractivity contribution in [1.29, 1.82) is 0 Å². The lowest BCUT2D eigenvalue weighted by atomic mass is 9.79. The van der Waals surface area contributed by atoms with Gasteiger partial charge in [0.05, 0.1) is 12.2 Å². The molecule has 2 N–H and O–H groups in total. The van der Waals surface area contributed by atoms with E-state index in [1.165, 1.54) is 0 Å². The topological polar surface area (TPSA) is 71.0 Å². The molecule has 0 bridgehead atoms. The number of piperidine rings is 1. The molecule has 0 radical (unpaired) electrons. The van der Waals surface area contributed by atoms with Crippen LogP contribution in [0.15, 0.2) is 0 Å². The van der Waals surface area contributed by atoms with Gasteiger partial charge in [-0.25, -0.2) is 4.79 Å². The van der Waals surface area contributed by atoms with E-state index >= 15 is 0 Å². The molecule has 1 saturated heterocycles. The summed E-state index contributed by atoms with van der Waals surface area (Å²) in [4.78, 5) is 14.0. The van der Waals surface area contributed by atoms with Crippen LogP contribution < -0.4 is 5.32 Å². The molecule has 1 aliphatic rings. The minimum absolute atomic E-state index is 0.323. The molecule has 130 valence electrons. The molecule has 0 aliphatic carbocycles. The molecule has 22 heavy (non-hydrogen) atoms. The van der Waals surface area contributed by atoms with Crippen molar-refractivity contribution in [3.05, 3.63) is 0 Å². The van der Waals surface area contributed by atoms with Gasteiger partial charge in [0.15, 0.2) is 0 Å². The number of ether oxygens (including phenoxy) is 1. The zero-order chi connectivity index (χ0) is 17.0. The zero-order valence-electron chi connectivity index (χ0n) is 14.3. The molecule has 1 unspecified atom stereocenters. The first kappa shape index (κ1) is 19.5. The van der Waals surface area contributed by atoms with Crippen LogP contribution in [0.25, 0.3) is 0 Å². The second-order valence-corrected chi connectivity index (χ2v) is 7.86. The van der Waals surface area contributed by atoms with E-state index in [-0.39, 0.29) is 6.09 Å². The fraction of sp³-hybridized carbons (Fsp3) is 0.933. The van der Waals surface area contributed by atoms with E-state index in [9.17, 15) is 9.90 Å². The summed E-state index contributed by atoms with van der Waals surface area (Å²) in [5.74, 6) is 0. The Morgan fingerprint density at radius 3 is 2.55 bits per heavy atom. The second kappa shape index (κ2) is 7.38. The first-order valence-electron chi connectivity index (χ1n) is 7.69. The molecule has 7 heteroatoms.